The number of aromatic nitrogens is 2. The normalized spacial score (nSPS) is 15.4. The van der Waals surface area contributed by atoms with Gasteiger partial charge in [-0.2, -0.15) is 0 Å². The maximum absolute atomic E-state index is 11.6. The summed E-state index contributed by atoms with van der Waals surface area (Å²) in [4.78, 5) is 4.10. The summed E-state index contributed by atoms with van der Waals surface area (Å²) in [5.74, 6) is 1.61. The van der Waals surface area contributed by atoms with E-state index in [1.54, 1.807) is 6.20 Å². The van der Waals surface area contributed by atoms with Gasteiger partial charge in [0.15, 0.2) is 0 Å². The van der Waals surface area contributed by atoms with Crippen molar-refractivity contribution in [3.63, 3.8) is 0 Å². The fourth-order valence-corrected chi connectivity index (χ4v) is 2.13. The lowest BCUT2D eigenvalue weighted by Gasteiger charge is -2.09. The average Bonchev–Trinajstić information content (AvgIpc) is 2.59. The Hall–Kier alpha value is -0.680. The van der Waals surface area contributed by atoms with Crippen molar-refractivity contribution >= 4 is 10.8 Å². The van der Waals surface area contributed by atoms with E-state index in [2.05, 4.69) is 4.98 Å². The number of hydrogen-bond donors (Lipinski definition) is 1. The lowest BCUT2D eigenvalue weighted by atomic mass is 10.5. The number of nitrogens with zero attached hydrogens (tertiary/aromatic N) is 2. The summed E-state index contributed by atoms with van der Waals surface area (Å²) in [7, 11) is -0.831. The number of hydrogen-bond acceptors (Lipinski definition) is 3. The molecule has 4 nitrogen and oxygen atoms in total. The average molecular weight is 215 g/mol. The van der Waals surface area contributed by atoms with E-state index in [1.165, 1.54) is 0 Å². The minimum Gasteiger partial charge on any atom is -0.334 e. The van der Waals surface area contributed by atoms with Crippen LogP contribution in [0.3, 0.4) is 0 Å². The molecule has 0 spiro atoms. The van der Waals surface area contributed by atoms with Crippen LogP contribution in [0.5, 0.6) is 0 Å². The molecular formula is C9H17N3OS. The first-order valence-electron chi connectivity index (χ1n) is 4.70. The summed E-state index contributed by atoms with van der Waals surface area (Å²) >= 11 is 0. The fraction of sp³-hybridized carbons (Fsp3) is 0.667. The van der Waals surface area contributed by atoms with Gasteiger partial charge in [0.1, 0.15) is 5.82 Å². The molecule has 0 aliphatic rings. The molecule has 0 aromatic carbocycles. The van der Waals surface area contributed by atoms with Crippen molar-refractivity contribution in [1.29, 1.82) is 0 Å². The molecule has 2 unspecified atom stereocenters. The molecule has 0 fully saturated rings. The third-order valence-electron chi connectivity index (χ3n) is 2.24. The van der Waals surface area contributed by atoms with Crippen molar-refractivity contribution in [1.82, 2.24) is 9.55 Å². The Morgan fingerprint density at radius 1 is 1.71 bits per heavy atom. The monoisotopic (exact) mass is 215 g/mol. The Balaban J connectivity index is 2.41. The van der Waals surface area contributed by atoms with Crippen molar-refractivity contribution < 1.29 is 4.21 Å². The van der Waals surface area contributed by atoms with Gasteiger partial charge in [-0.15, -0.1) is 0 Å². The molecule has 1 heterocycles. The maximum Gasteiger partial charge on any atom is 0.105 e. The molecule has 5 heteroatoms. The summed E-state index contributed by atoms with van der Waals surface area (Å²) in [6.45, 7) is 5.09. The standard InChI is InChI=1S/C9H17N3OS/c1-8(7-10)14(13)6-5-12-4-3-11-9(12)2/h3-4,8H,5-7,10H2,1-2H3. The van der Waals surface area contributed by atoms with Crippen molar-refractivity contribution in [3.05, 3.63) is 18.2 Å². The Morgan fingerprint density at radius 2 is 2.43 bits per heavy atom. The zero-order valence-electron chi connectivity index (χ0n) is 8.64. The number of nitrogens with two attached hydrogens (primary N) is 1. The molecule has 0 aliphatic carbocycles. The zero-order chi connectivity index (χ0) is 10.6. The third-order valence-corrected chi connectivity index (χ3v) is 3.91. The molecular weight excluding hydrogens is 198 g/mol. The summed E-state index contributed by atoms with van der Waals surface area (Å²) in [6.07, 6.45) is 3.66. The molecule has 0 amide bonds. The third kappa shape index (κ3) is 2.92. The van der Waals surface area contributed by atoms with E-state index < -0.39 is 10.8 Å². The first kappa shape index (κ1) is 11.4. The van der Waals surface area contributed by atoms with Crippen LogP contribution in [0.1, 0.15) is 12.7 Å². The molecule has 14 heavy (non-hydrogen) atoms. The lowest BCUT2D eigenvalue weighted by molar-refractivity contribution is 0.660. The van der Waals surface area contributed by atoms with Gasteiger partial charge in [0, 0.05) is 47.3 Å². The largest absolute Gasteiger partial charge is 0.334 e. The first-order chi connectivity index (χ1) is 6.65. The van der Waals surface area contributed by atoms with Crippen molar-refractivity contribution in [3.8, 4) is 0 Å². The molecule has 1 aromatic rings. The molecule has 0 radical (unpaired) electrons. The van der Waals surface area contributed by atoms with Crippen LogP contribution in [0.4, 0.5) is 0 Å². The number of imidazole rings is 1. The van der Waals surface area contributed by atoms with Crippen LogP contribution in [0.25, 0.3) is 0 Å². The highest BCUT2D eigenvalue weighted by Crippen LogP contribution is 1.99. The lowest BCUT2D eigenvalue weighted by Crippen LogP contribution is -2.25. The van der Waals surface area contributed by atoms with Gasteiger partial charge in [0.25, 0.3) is 0 Å². The summed E-state index contributed by atoms with van der Waals surface area (Å²) in [6, 6.07) is 0. The van der Waals surface area contributed by atoms with Crippen LogP contribution in [-0.2, 0) is 17.3 Å². The topological polar surface area (TPSA) is 60.9 Å². The second-order valence-corrected chi connectivity index (χ2v) is 5.27. The van der Waals surface area contributed by atoms with Gasteiger partial charge in [0.2, 0.25) is 0 Å². The predicted molar refractivity (Wildman–Crippen MR) is 58.5 cm³/mol. The highest BCUT2D eigenvalue weighted by atomic mass is 32.2. The fourth-order valence-electron chi connectivity index (χ4n) is 1.14. The molecule has 80 valence electrons. The van der Waals surface area contributed by atoms with Crippen LogP contribution < -0.4 is 5.73 Å². The van der Waals surface area contributed by atoms with E-state index >= 15 is 0 Å². The van der Waals surface area contributed by atoms with Gasteiger partial charge in [0.05, 0.1) is 0 Å². The predicted octanol–water partition coefficient (Wildman–Crippen LogP) is 0.287. The van der Waals surface area contributed by atoms with E-state index in [1.807, 2.05) is 24.6 Å². The zero-order valence-corrected chi connectivity index (χ0v) is 9.46. The molecule has 1 rings (SSSR count). The van der Waals surface area contributed by atoms with Crippen LogP contribution in [0.15, 0.2) is 12.4 Å². The Kier molecular flexibility index (Phi) is 4.28. The Bertz CT molecular complexity index is 311. The molecule has 0 saturated heterocycles. The van der Waals surface area contributed by atoms with E-state index in [9.17, 15) is 4.21 Å². The smallest absolute Gasteiger partial charge is 0.105 e. The Labute approximate surface area is 87.0 Å². The van der Waals surface area contributed by atoms with Crippen LogP contribution in [0.2, 0.25) is 0 Å². The van der Waals surface area contributed by atoms with E-state index in [0.717, 1.165) is 12.4 Å². The Morgan fingerprint density at radius 3 is 2.93 bits per heavy atom. The van der Waals surface area contributed by atoms with Crippen molar-refractivity contribution in [2.75, 3.05) is 12.3 Å². The van der Waals surface area contributed by atoms with Crippen molar-refractivity contribution in [2.24, 2.45) is 5.73 Å². The molecule has 0 saturated carbocycles. The summed E-state index contributed by atoms with van der Waals surface area (Å²) < 4.78 is 13.6. The second kappa shape index (κ2) is 5.26. The van der Waals surface area contributed by atoms with Gasteiger partial charge in [-0.1, -0.05) is 0 Å². The van der Waals surface area contributed by atoms with Crippen molar-refractivity contribution in [2.45, 2.75) is 25.6 Å². The minimum absolute atomic E-state index is 0.0822. The first-order valence-corrected chi connectivity index (χ1v) is 6.08. The van der Waals surface area contributed by atoms with E-state index in [-0.39, 0.29) is 5.25 Å². The molecule has 2 N–H and O–H groups in total. The van der Waals surface area contributed by atoms with Crippen LogP contribution in [-0.4, -0.2) is 31.3 Å². The van der Waals surface area contributed by atoms with Crippen LogP contribution in [0, 0.1) is 6.92 Å². The van der Waals surface area contributed by atoms with Gasteiger partial charge in [-0.3, -0.25) is 4.21 Å². The van der Waals surface area contributed by atoms with Gasteiger partial charge < -0.3 is 10.3 Å². The molecule has 2 atom stereocenters. The van der Waals surface area contributed by atoms with Crippen LogP contribution >= 0.6 is 0 Å². The summed E-state index contributed by atoms with van der Waals surface area (Å²) in [5, 5.41) is 0.0822. The van der Waals surface area contributed by atoms with E-state index in [4.69, 9.17) is 5.73 Å². The highest BCUT2D eigenvalue weighted by Gasteiger charge is 2.08. The summed E-state index contributed by atoms with van der Waals surface area (Å²) in [5.41, 5.74) is 5.44. The molecule has 1 aromatic heterocycles. The maximum atomic E-state index is 11.6. The number of rotatable bonds is 5. The number of aryl methyl sites for hydroxylation is 2. The highest BCUT2D eigenvalue weighted by molar-refractivity contribution is 7.85. The molecule has 0 bridgehead atoms. The second-order valence-electron chi connectivity index (χ2n) is 3.30. The SMILES string of the molecule is Cc1nccn1CCS(=O)C(C)CN. The quantitative estimate of drug-likeness (QED) is 0.768. The van der Waals surface area contributed by atoms with Gasteiger partial charge >= 0.3 is 0 Å². The molecule has 0 aliphatic heterocycles. The van der Waals surface area contributed by atoms with E-state index in [0.29, 0.717) is 12.3 Å². The minimum atomic E-state index is -0.831. The van der Waals surface area contributed by atoms with Gasteiger partial charge in [-0.25, -0.2) is 4.98 Å². The van der Waals surface area contributed by atoms with Gasteiger partial charge in [-0.05, 0) is 13.8 Å².